The summed E-state index contributed by atoms with van der Waals surface area (Å²) in [5, 5.41) is 8.25. The molecule has 0 unspecified atom stereocenters. The monoisotopic (exact) mass is 140 g/mol. The van der Waals surface area contributed by atoms with Crippen LogP contribution < -0.4 is 0 Å². The molecule has 0 aliphatic heterocycles. The van der Waals surface area contributed by atoms with Gasteiger partial charge in [0.2, 0.25) is 0 Å². The molecule has 0 aromatic rings. The van der Waals surface area contributed by atoms with Crippen molar-refractivity contribution in [3.8, 4) is 0 Å². The number of rotatable bonds is 3. The van der Waals surface area contributed by atoms with Crippen molar-refractivity contribution < 1.29 is 9.90 Å². The van der Waals surface area contributed by atoms with Gasteiger partial charge in [-0.3, -0.25) is 0 Å². The van der Waals surface area contributed by atoms with E-state index in [0.717, 1.165) is 6.08 Å². The quantitative estimate of drug-likeness (QED) is 0.479. The third-order valence-electron chi connectivity index (χ3n) is 1.18. The van der Waals surface area contributed by atoms with Gasteiger partial charge in [-0.15, -0.1) is 6.58 Å². The van der Waals surface area contributed by atoms with E-state index in [1.807, 2.05) is 13.8 Å². The van der Waals surface area contributed by atoms with Gasteiger partial charge >= 0.3 is 5.97 Å². The molecule has 0 bridgehead atoms. The molecule has 0 aliphatic rings. The molecule has 0 heterocycles. The normalized spacial score (nSPS) is 11.8. The second-order valence-corrected chi connectivity index (χ2v) is 2.70. The highest BCUT2D eigenvalue weighted by Crippen LogP contribution is 2.17. The largest absolute Gasteiger partial charge is 0.478 e. The molecule has 2 nitrogen and oxygen atoms in total. The van der Waals surface area contributed by atoms with Gasteiger partial charge in [-0.2, -0.15) is 0 Å². The van der Waals surface area contributed by atoms with Crippen LogP contribution in [-0.4, -0.2) is 11.1 Å². The molecule has 0 aromatic carbocycles. The van der Waals surface area contributed by atoms with Crippen LogP contribution in [0.1, 0.15) is 13.8 Å². The topological polar surface area (TPSA) is 37.3 Å². The molecule has 56 valence electrons. The summed E-state index contributed by atoms with van der Waals surface area (Å²) >= 11 is 0. The zero-order chi connectivity index (χ0) is 8.20. The van der Waals surface area contributed by atoms with Gasteiger partial charge in [-0.25, -0.2) is 4.79 Å². The number of carbonyl (C=O) groups is 1. The van der Waals surface area contributed by atoms with E-state index in [-0.39, 0.29) is 5.41 Å². The van der Waals surface area contributed by atoms with Crippen molar-refractivity contribution in [3.05, 3.63) is 24.8 Å². The van der Waals surface area contributed by atoms with E-state index in [1.165, 1.54) is 0 Å². The molecule has 0 radical (unpaired) electrons. The molecule has 0 amide bonds. The zero-order valence-corrected chi connectivity index (χ0v) is 6.29. The van der Waals surface area contributed by atoms with Gasteiger partial charge in [0.1, 0.15) is 0 Å². The highest BCUT2D eigenvalue weighted by atomic mass is 16.4. The van der Waals surface area contributed by atoms with Crippen molar-refractivity contribution in [2.75, 3.05) is 0 Å². The Morgan fingerprint density at radius 1 is 1.60 bits per heavy atom. The molecule has 0 saturated carbocycles. The first-order valence-electron chi connectivity index (χ1n) is 3.04. The minimum atomic E-state index is -0.921. The van der Waals surface area contributed by atoms with Gasteiger partial charge in [0.15, 0.2) is 0 Å². The average molecular weight is 140 g/mol. The SMILES string of the molecule is C=CC(C)(C)/C=C/C(=O)O. The first-order chi connectivity index (χ1) is 4.48. The Hall–Kier alpha value is -1.05. The van der Waals surface area contributed by atoms with Crippen molar-refractivity contribution in [1.82, 2.24) is 0 Å². The number of hydrogen-bond donors (Lipinski definition) is 1. The van der Waals surface area contributed by atoms with Crippen molar-refractivity contribution in [2.45, 2.75) is 13.8 Å². The zero-order valence-electron chi connectivity index (χ0n) is 6.29. The van der Waals surface area contributed by atoms with Crippen molar-refractivity contribution in [2.24, 2.45) is 5.41 Å². The summed E-state index contributed by atoms with van der Waals surface area (Å²) in [6.45, 7) is 7.34. The second kappa shape index (κ2) is 3.20. The molecular formula is C8H12O2. The van der Waals surface area contributed by atoms with Crippen LogP contribution in [0, 0.1) is 5.41 Å². The highest BCUT2D eigenvalue weighted by Gasteiger charge is 2.06. The third kappa shape index (κ3) is 3.89. The Kier molecular flexibility index (Phi) is 2.87. The number of carboxylic acid groups (broad SMARTS) is 1. The molecular weight excluding hydrogens is 128 g/mol. The van der Waals surface area contributed by atoms with E-state index in [0.29, 0.717) is 0 Å². The lowest BCUT2D eigenvalue weighted by molar-refractivity contribution is -0.131. The number of allylic oxidation sites excluding steroid dienone is 2. The Balaban J connectivity index is 4.12. The lowest BCUT2D eigenvalue weighted by Gasteiger charge is -2.11. The molecule has 0 aromatic heterocycles. The number of hydrogen-bond acceptors (Lipinski definition) is 1. The maximum Gasteiger partial charge on any atom is 0.328 e. The summed E-state index contributed by atoms with van der Waals surface area (Å²) in [5.74, 6) is -0.921. The van der Waals surface area contributed by atoms with Gasteiger partial charge in [0.25, 0.3) is 0 Å². The van der Waals surface area contributed by atoms with E-state index >= 15 is 0 Å². The molecule has 0 fully saturated rings. The van der Waals surface area contributed by atoms with Gasteiger partial charge in [-0.1, -0.05) is 26.0 Å². The van der Waals surface area contributed by atoms with Crippen LogP contribution >= 0.6 is 0 Å². The fraction of sp³-hybridized carbons (Fsp3) is 0.375. The maximum absolute atomic E-state index is 10.0. The standard InChI is InChI=1S/C8H12O2/c1-4-8(2,3)6-5-7(9)10/h4-6H,1H2,2-3H3,(H,9,10)/b6-5+. The lowest BCUT2D eigenvalue weighted by Crippen LogP contribution is -2.02. The maximum atomic E-state index is 10.0. The first kappa shape index (κ1) is 8.95. The van der Waals surface area contributed by atoms with Crippen molar-refractivity contribution in [3.63, 3.8) is 0 Å². The molecule has 0 rings (SSSR count). The minimum absolute atomic E-state index is 0.224. The van der Waals surface area contributed by atoms with E-state index in [4.69, 9.17) is 5.11 Å². The summed E-state index contributed by atoms with van der Waals surface area (Å²) < 4.78 is 0. The van der Waals surface area contributed by atoms with Crippen LogP contribution in [-0.2, 0) is 4.79 Å². The van der Waals surface area contributed by atoms with Crippen LogP contribution in [0.2, 0.25) is 0 Å². The van der Waals surface area contributed by atoms with Gasteiger partial charge in [-0.05, 0) is 0 Å². The molecule has 0 spiro atoms. The van der Waals surface area contributed by atoms with E-state index in [1.54, 1.807) is 12.2 Å². The summed E-state index contributed by atoms with van der Waals surface area (Å²) in [6, 6.07) is 0. The van der Waals surface area contributed by atoms with Crippen molar-refractivity contribution >= 4 is 5.97 Å². The molecule has 2 heteroatoms. The Morgan fingerprint density at radius 3 is 2.40 bits per heavy atom. The fourth-order valence-electron chi connectivity index (χ4n) is 0.354. The smallest absolute Gasteiger partial charge is 0.328 e. The average Bonchev–Trinajstić information content (AvgIpc) is 1.85. The van der Waals surface area contributed by atoms with Crippen LogP contribution in [0.25, 0.3) is 0 Å². The summed E-state index contributed by atoms with van der Waals surface area (Å²) in [7, 11) is 0. The van der Waals surface area contributed by atoms with E-state index in [9.17, 15) is 4.79 Å². The highest BCUT2D eigenvalue weighted by molar-refractivity contribution is 5.79. The van der Waals surface area contributed by atoms with Crippen LogP contribution in [0.15, 0.2) is 24.8 Å². The van der Waals surface area contributed by atoms with E-state index < -0.39 is 5.97 Å². The predicted molar refractivity (Wildman–Crippen MR) is 40.8 cm³/mol. The molecule has 0 aliphatic carbocycles. The lowest BCUT2D eigenvalue weighted by atomic mass is 9.93. The minimum Gasteiger partial charge on any atom is -0.478 e. The molecule has 10 heavy (non-hydrogen) atoms. The van der Waals surface area contributed by atoms with Crippen LogP contribution in [0.3, 0.4) is 0 Å². The Bertz CT molecular complexity index is 166. The number of aliphatic carboxylic acids is 1. The van der Waals surface area contributed by atoms with Gasteiger partial charge < -0.3 is 5.11 Å². The van der Waals surface area contributed by atoms with Crippen LogP contribution in [0.4, 0.5) is 0 Å². The summed E-state index contributed by atoms with van der Waals surface area (Å²) in [5.41, 5.74) is -0.224. The molecule has 0 atom stereocenters. The Labute approximate surface area is 60.9 Å². The van der Waals surface area contributed by atoms with Gasteiger partial charge in [0, 0.05) is 11.5 Å². The van der Waals surface area contributed by atoms with Crippen molar-refractivity contribution in [1.29, 1.82) is 0 Å². The first-order valence-corrected chi connectivity index (χ1v) is 3.04. The summed E-state index contributed by atoms with van der Waals surface area (Å²) in [4.78, 5) is 10.0. The third-order valence-corrected chi connectivity index (χ3v) is 1.18. The second-order valence-electron chi connectivity index (χ2n) is 2.70. The summed E-state index contributed by atoms with van der Waals surface area (Å²) in [6.07, 6.45) is 4.43. The Morgan fingerprint density at radius 2 is 2.10 bits per heavy atom. The van der Waals surface area contributed by atoms with E-state index in [2.05, 4.69) is 6.58 Å². The number of carboxylic acids is 1. The van der Waals surface area contributed by atoms with Crippen LogP contribution in [0.5, 0.6) is 0 Å². The fourth-order valence-corrected chi connectivity index (χ4v) is 0.354. The molecule has 1 N–H and O–H groups in total. The van der Waals surface area contributed by atoms with Gasteiger partial charge in [0.05, 0.1) is 0 Å². The molecule has 0 saturated heterocycles. The predicted octanol–water partition coefficient (Wildman–Crippen LogP) is 1.84.